The maximum atomic E-state index is 10.6. The Balaban J connectivity index is 2.66. The van der Waals surface area contributed by atoms with Crippen LogP contribution in [0.3, 0.4) is 0 Å². The summed E-state index contributed by atoms with van der Waals surface area (Å²) < 4.78 is 21.2. The summed E-state index contributed by atoms with van der Waals surface area (Å²) in [6.45, 7) is 1.96. The predicted octanol–water partition coefficient (Wildman–Crippen LogP) is 0.439. The van der Waals surface area contributed by atoms with E-state index in [1.807, 2.05) is 6.92 Å². The smallest absolute Gasteiger partial charge is 0.150 e. The van der Waals surface area contributed by atoms with Gasteiger partial charge in [-0.25, -0.2) is 8.42 Å². The molecular weight excluding hydrogens is 124 g/mol. The highest BCUT2D eigenvalue weighted by Gasteiger charge is 2.40. The first-order chi connectivity index (χ1) is 3.52. The van der Waals surface area contributed by atoms with Crippen molar-refractivity contribution in [1.29, 1.82) is 0 Å². The molecule has 1 aliphatic carbocycles. The van der Waals surface area contributed by atoms with Crippen LogP contribution in [0.25, 0.3) is 0 Å². The van der Waals surface area contributed by atoms with Crippen LogP contribution < -0.4 is 0 Å². The summed E-state index contributed by atoms with van der Waals surface area (Å²) in [6.07, 6.45) is 2.18. The molecule has 1 fully saturated rings. The minimum Gasteiger partial charge on any atom is -0.229 e. The third-order valence-electron chi connectivity index (χ3n) is 1.59. The zero-order valence-corrected chi connectivity index (χ0v) is 5.90. The minimum atomic E-state index is -2.68. The number of sulfone groups is 1. The summed E-state index contributed by atoms with van der Waals surface area (Å²) in [5.74, 6) is 0.421. The summed E-state index contributed by atoms with van der Waals surface area (Å²) >= 11 is 0. The van der Waals surface area contributed by atoms with Crippen molar-refractivity contribution in [2.45, 2.75) is 18.6 Å². The Labute approximate surface area is 49.8 Å². The van der Waals surface area contributed by atoms with Crippen molar-refractivity contribution in [3.63, 3.8) is 0 Å². The van der Waals surface area contributed by atoms with E-state index in [0.717, 1.165) is 6.42 Å². The average molecular weight is 134 g/mol. The molecule has 0 amide bonds. The Bertz CT molecular complexity index is 181. The fourth-order valence-corrected chi connectivity index (χ4v) is 2.38. The quantitative estimate of drug-likeness (QED) is 0.521. The minimum absolute atomic E-state index is 0.0116. The largest absolute Gasteiger partial charge is 0.229 e. The molecule has 0 N–H and O–H groups in total. The Hall–Kier alpha value is -0.0500. The molecule has 1 saturated carbocycles. The molecule has 48 valence electrons. The van der Waals surface area contributed by atoms with Gasteiger partial charge in [0, 0.05) is 6.26 Å². The molecule has 1 rings (SSSR count). The predicted molar refractivity (Wildman–Crippen MR) is 32.4 cm³/mol. The number of hydrogen-bond acceptors (Lipinski definition) is 2. The lowest BCUT2D eigenvalue weighted by molar-refractivity contribution is 0.599. The van der Waals surface area contributed by atoms with Crippen LogP contribution in [0, 0.1) is 5.92 Å². The van der Waals surface area contributed by atoms with Gasteiger partial charge in [0.25, 0.3) is 0 Å². The number of rotatable bonds is 1. The van der Waals surface area contributed by atoms with Gasteiger partial charge in [0.15, 0.2) is 9.84 Å². The van der Waals surface area contributed by atoms with E-state index in [-0.39, 0.29) is 5.25 Å². The van der Waals surface area contributed by atoms with Crippen molar-refractivity contribution >= 4 is 9.84 Å². The first-order valence-corrected chi connectivity index (χ1v) is 4.66. The maximum Gasteiger partial charge on any atom is 0.150 e. The van der Waals surface area contributed by atoms with E-state index in [4.69, 9.17) is 0 Å². The number of hydrogen-bond donors (Lipinski definition) is 0. The Morgan fingerprint density at radius 1 is 1.50 bits per heavy atom. The van der Waals surface area contributed by atoms with E-state index in [1.165, 1.54) is 6.26 Å². The van der Waals surface area contributed by atoms with Crippen LogP contribution in [0.2, 0.25) is 0 Å². The average Bonchev–Trinajstić information content (AvgIpc) is 2.13. The van der Waals surface area contributed by atoms with Gasteiger partial charge in [-0.15, -0.1) is 0 Å². The molecule has 8 heavy (non-hydrogen) atoms. The second kappa shape index (κ2) is 1.47. The lowest BCUT2D eigenvalue weighted by Crippen LogP contribution is -2.03. The summed E-state index contributed by atoms with van der Waals surface area (Å²) in [4.78, 5) is 0. The van der Waals surface area contributed by atoms with Crippen molar-refractivity contribution in [2.24, 2.45) is 5.92 Å². The van der Waals surface area contributed by atoms with Gasteiger partial charge in [0.2, 0.25) is 0 Å². The topological polar surface area (TPSA) is 34.1 Å². The summed E-state index contributed by atoms with van der Waals surface area (Å²) in [5, 5.41) is -0.0116. The van der Waals surface area contributed by atoms with Gasteiger partial charge in [-0.05, 0) is 12.3 Å². The monoisotopic (exact) mass is 134 g/mol. The maximum absolute atomic E-state index is 10.6. The van der Waals surface area contributed by atoms with Crippen LogP contribution in [0.1, 0.15) is 13.3 Å². The molecule has 2 nitrogen and oxygen atoms in total. The Morgan fingerprint density at radius 2 is 1.88 bits per heavy atom. The molecule has 0 saturated heterocycles. The second-order valence-corrected chi connectivity index (χ2v) is 4.85. The van der Waals surface area contributed by atoms with Crippen LogP contribution in [0.15, 0.2) is 0 Å². The summed E-state index contributed by atoms with van der Waals surface area (Å²) in [5.41, 5.74) is 0. The highest BCUT2D eigenvalue weighted by atomic mass is 32.2. The first-order valence-electron chi connectivity index (χ1n) is 2.70. The highest BCUT2D eigenvalue weighted by molar-refractivity contribution is 7.91. The summed E-state index contributed by atoms with van der Waals surface area (Å²) in [6, 6.07) is 0. The van der Waals surface area contributed by atoms with Gasteiger partial charge in [0.1, 0.15) is 0 Å². The molecule has 0 radical (unpaired) electrons. The van der Waals surface area contributed by atoms with Gasteiger partial charge in [-0.3, -0.25) is 0 Å². The lowest BCUT2D eigenvalue weighted by atomic mass is 10.5. The molecule has 0 spiro atoms. The van der Waals surface area contributed by atoms with Gasteiger partial charge in [0.05, 0.1) is 5.25 Å². The second-order valence-electron chi connectivity index (χ2n) is 2.58. The van der Waals surface area contributed by atoms with E-state index in [2.05, 4.69) is 0 Å². The molecule has 1 aliphatic rings. The third-order valence-corrected chi connectivity index (χ3v) is 3.34. The fraction of sp³-hybridized carbons (Fsp3) is 1.00. The van der Waals surface area contributed by atoms with Gasteiger partial charge in [-0.1, -0.05) is 6.92 Å². The zero-order chi connectivity index (χ0) is 6.36. The van der Waals surface area contributed by atoms with Crippen LogP contribution >= 0.6 is 0 Å². The van der Waals surface area contributed by atoms with Crippen molar-refractivity contribution in [3.05, 3.63) is 0 Å². The van der Waals surface area contributed by atoms with Crippen LogP contribution in [0.5, 0.6) is 0 Å². The fourth-order valence-electron chi connectivity index (χ4n) is 0.885. The zero-order valence-electron chi connectivity index (χ0n) is 5.09. The molecule has 0 unspecified atom stereocenters. The third kappa shape index (κ3) is 1.02. The van der Waals surface area contributed by atoms with Crippen molar-refractivity contribution < 1.29 is 8.42 Å². The SMILES string of the molecule is C[C@@H]1C[C@@H]1S(C)(=O)=O. The highest BCUT2D eigenvalue weighted by Crippen LogP contribution is 2.35. The normalized spacial score (nSPS) is 37.2. The molecular formula is C5H10O2S. The standard InChI is InChI=1S/C5H10O2S/c1-4-3-5(4)8(2,6)7/h4-5H,3H2,1-2H3/t4-,5+/m1/s1. The first kappa shape index (κ1) is 6.08. The van der Waals surface area contributed by atoms with Gasteiger partial charge in [-0.2, -0.15) is 0 Å². The summed E-state index contributed by atoms with van der Waals surface area (Å²) in [7, 11) is -2.68. The van der Waals surface area contributed by atoms with Crippen molar-refractivity contribution in [2.75, 3.05) is 6.26 Å². The Morgan fingerprint density at radius 3 is 1.88 bits per heavy atom. The Kier molecular flexibility index (Phi) is 1.11. The van der Waals surface area contributed by atoms with E-state index in [1.54, 1.807) is 0 Å². The van der Waals surface area contributed by atoms with Gasteiger partial charge < -0.3 is 0 Å². The molecule has 0 aliphatic heterocycles. The molecule has 0 aromatic carbocycles. The molecule has 0 bridgehead atoms. The van der Waals surface area contributed by atoms with Crippen LogP contribution in [-0.2, 0) is 9.84 Å². The van der Waals surface area contributed by atoms with Crippen LogP contribution in [-0.4, -0.2) is 19.9 Å². The van der Waals surface area contributed by atoms with E-state index < -0.39 is 9.84 Å². The van der Waals surface area contributed by atoms with Crippen molar-refractivity contribution in [1.82, 2.24) is 0 Å². The molecule has 0 aromatic heterocycles. The van der Waals surface area contributed by atoms with E-state index >= 15 is 0 Å². The molecule has 2 atom stereocenters. The molecule has 3 heteroatoms. The van der Waals surface area contributed by atoms with Gasteiger partial charge >= 0.3 is 0 Å². The van der Waals surface area contributed by atoms with Crippen LogP contribution in [0.4, 0.5) is 0 Å². The van der Waals surface area contributed by atoms with Crippen molar-refractivity contribution in [3.8, 4) is 0 Å². The molecule has 0 heterocycles. The van der Waals surface area contributed by atoms with E-state index in [0.29, 0.717) is 5.92 Å². The van der Waals surface area contributed by atoms with E-state index in [9.17, 15) is 8.42 Å². The lowest BCUT2D eigenvalue weighted by Gasteiger charge is -1.87. The molecule has 0 aromatic rings.